The summed E-state index contributed by atoms with van der Waals surface area (Å²) >= 11 is 0. The number of hydrogen-bond donors (Lipinski definition) is 0. The van der Waals surface area contributed by atoms with E-state index >= 15 is 0 Å². The number of hydrogen-bond acceptors (Lipinski definition) is 2. The van der Waals surface area contributed by atoms with Crippen LogP contribution in [-0.2, 0) is 9.59 Å². The summed E-state index contributed by atoms with van der Waals surface area (Å²) in [5.74, 6) is 0.715. The van der Waals surface area contributed by atoms with Gasteiger partial charge in [-0.3, -0.25) is 14.5 Å². The van der Waals surface area contributed by atoms with Crippen LogP contribution in [0.4, 0.5) is 0 Å². The number of carbonyl (C=O) groups excluding carboxylic acids is 2. The zero-order valence-electron chi connectivity index (χ0n) is 11.8. The summed E-state index contributed by atoms with van der Waals surface area (Å²) < 4.78 is 0. The largest absolute Gasteiger partial charge is 0.282 e. The van der Waals surface area contributed by atoms with Crippen molar-refractivity contribution in [1.29, 1.82) is 0 Å². The highest BCUT2D eigenvalue weighted by Gasteiger charge is 2.61. The Morgan fingerprint density at radius 1 is 1.16 bits per heavy atom. The third-order valence-corrected chi connectivity index (χ3v) is 4.53. The molecule has 1 aliphatic heterocycles. The molecule has 0 aromatic heterocycles. The highest BCUT2D eigenvalue weighted by molar-refractivity contribution is 6.07. The maximum Gasteiger partial charge on any atom is 0.234 e. The lowest BCUT2D eigenvalue weighted by Crippen LogP contribution is -2.33. The fourth-order valence-electron chi connectivity index (χ4n) is 3.92. The van der Waals surface area contributed by atoms with Crippen molar-refractivity contribution >= 4 is 11.8 Å². The highest BCUT2D eigenvalue weighted by Crippen LogP contribution is 2.55. The number of allylic oxidation sites excluding steroid dienone is 4. The summed E-state index contributed by atoms with van der Waals surface area (Å²) in [6, 6.07) is 0. The summed E-state index contributed by atoms with van der Waals surface area (Å²) in [5, 5.41) is 0. The van der Waals surface area contributed by atoms with E-state index in [-0.39, 0.29) is 35.5 Å². The zero-order valence-corrected chi connectivity index (χ0v) is 11.8. The SMILES string of the molecule is CCCN1C(=O)[C@@H]2C3C=CC(/C3=C/C(C)C)[C@@H]2C1=O. The Kier molecular flexibility index (Phi) is 2.88. The van der Waals surface area contributed by atoms with Gasteiger partial charge < -0.3 is 0 Å². The van der Waals surface area contributed by atoms with Crippen LogP contribution in [0.5, 0.6) is 0 Å². The number of imide groups is 1. The van der Waals surface area contributed by atoms with E-state index in [1.165, 1.54) is 10.5 Å². The minimum absolute atomic E-state index is 0.0587. The van der Waals surface area contributed by atoms with E-state index in [9.17, 15) is 9.59 Å². The van der Waals surface area contributed by atoms with Crippen molar-refractivity contribution < 1.29 is 9.59 Å². The molecule has 0 spiro atoms. The second kappa shape index (κ2) is 4.32. The van der Waals surface area contributed by atoms with Gasteiger partial charge >= 0.3 is 0 Å². The molecule has 0 radical (unpaired) electrons. The summed E-state index contributed by atoms with van der Waals surface area (Å²) in [6.45, 7) is 6.88. The van der Waals surface area contributed by atoms with Gasteiger partial charge in [0.15, 0.2) is 0 Å². The predicted molar refractivity (Wildman–Crippen MR) is 73.0 cm³/mol. The number of carbonyl (C=O) groups is 2. The topological polar surface area (TPSA) is 37.4 Å². The van der Waals surface area contributed by atoms with Gasteiger partial charge in [0.1, 0.15) is 0 Å². The molecule has 0 aromatic carbocycles. The fraction of sp³-hybridized carbons (Fsp3) is 0.625. The molecule has 102 valence electrons. The first-order valence-electron chi connectivity index (χ1n) is 7.31. The fourth-order valence-corrected chi connectivity index (χ4v) is 3.92. The molecule has 2 fully saturated rings. The molecule has 4 atom stereocenters. The van der Waals surface area contributed by atoms with Crippen molar-refractivity contribution in [2.75, 3.05) is 6.54 Å². The molecule has 2 unspecified atom stereocenters. The van der Waals surface area contributed by atoms with Crippen LogP contribution in [0.25, 0.3) is 0 Å². The molecule has 0 aromatic rings. The Bertz CT molecular complexity index is 455. The van der Waals surface area contributed by atoms with Gasteiger partial charge in [-0.2, -0.15) is 0 Å². The number of likely N-dealkylation sites (tertiary alicyclic amines) is 1. The van der Waals surface area contributed by atoms with Gasteiger partial charge in [0.2, 0.25) is 11.8 Å². The number of nitrogens with zero attached hydrogens (tertiary/aromatic N) is 1. The normalized spacial score (nSPS) is 38.1. The molecule has 19 heavy (non-hydrogen) atoms. The van der Waals surface area contributed by atoms with Crippen molar-refractivity contribution in [2.24, 2.45) is 29.6 Å². The van der Waals surface area contributed by atoms with Crippen LogP contribution in [0.2, 0.25) is 0 Å². The second-order valence-corrected chi connectivity index (χ2v) is 6.23. The molecular weight excluding hydrogens is 238 g/mol. The van der Waals surface area contributed by atoms with Crippen molar-refractivity contribution in [3.63, 3.8) is 0 Å². The Morgan fingerprint density at radius 2 is 1.68 bits per heavy atom. The van der Waals surface area contributed by atoms with Crippen LogP contribution >= 0.6 is 0 Å². The molecule has 3 heteroatoms. The molecule has 3 rings (SSSR count). The Balaban J connectivity index is 1.95. The van der Waals surface area contributed by atoms with Crippen LogP contribution in [0.15, 0.2) is 23.8 Å². The smallest absolute Gasteiger partial charge is 0.234 e. The maximum atomic E-state index is 12.5. The van der Waals surface area contributed by atoms with E-state index in [0.29, 0.717) is 12.5 Å². The van der Waals surface area contributed by atoms with Gasteiger partial charge in [-0.1, -0.05) is 44.6 Å². The summed E-state index contributed by atoms with van der Waals surface area (Å²) in [4.78, 5) is 26.4. The lowest BCUT2D eigenvalue weighted by Gasteiger charge is -2.18. The first-order valence-corrected chi connectivity index (χ1v) is 7.31. The molecule has 2 amide bonds. The number of amides is 2. The van der Waals surface area contributed by atoms with Gasteiger partial charge in [-0.05, 0) is 12.3 Å². The van der Waals surface area contributed by atoms with E-state index in [1.54, 1.807) is 0 Å². The predicted octanol–water partition coefficient (Wildman–Crippen LogP) is 2.40. The Morgan fingerprint density at radius 3 is 2.11 bits per heavy atom. The van der Waals surface area contributed by atoms with E-state index < -0.39 is 0 Å². The van der Waals surface area contributed by atoms with Crippen LogP contribution in [0.3, 0.4) is 0 Å². The molecule has 0 N–H and O–H groups in total. The summed E-state index contributed by atoms with van der Waals surface area (Å²) in [6.07, 6.45) is 7.37. The molecule has 1 saturated heterocycles. The highest BCUT2D eigenvalue weighted by atomic mass is 16.2. The molecular formula is C16H21NO2. The van der Waals surface area contributed by atoms with Crippen molar-refractivity contribution in [3.8, 4) is 0 Å². The van der Waals surface area contributed by atoms with Crippen molar-refractivity contribution in [3.05, 3.63) is 23.8 Å². The van der Waals surface area contributed by atoms with Gasteiger partial charge in [0.05, 0.1) is 11.8 Å². The van der Waals surface area contributed by atoms with Crippen LogP contribution in [0.1, 0.15) is 27.2 Å². The van der Waals surface area contributed by atoms with Crippen molar-refractivity contribution in [2.45, 2.75) is 27.2 Å². The standard InChI is InChI=1S/C16H21NO2/c1-4-7-17-15(18)13-10-5-6-11(14(13)16(17)19)12(10)8-9(2)3/h5-6,8-11,13-14H,4,7H2,1-3H3/b12-8-/t10?,11?,13-,14+/m0/s1. The third-order valence-electron chi connectivity index (χ3n) is 4.53. The van der Waals surface area contributed by atoms with E-state index in [4.69, 9.17) is 0 Å². The lowest BCUT2D eigenvalue weighted by atomic mass is 9.85. The average Bonchev–Trinajstić information content (AvgIpc) is 2.95. The Hall–Kier alpha value is -1.38. The van der Waals surface area contributed by atoms with Gasteiger partial charge in [0.25, 0.3) is 0 Å². The molecule has 3 nitrogen and oxygen atoms in total. The average molecular weight is 259 g/mol. The number of rotatable bonds is 3. The van der Waals surface area contributed by atoms with Crippen LogP contribution in [-0.4, -0.2) is 23.3 Å². The monoisotopic (exact) mass is 259 g/mol. The molecule has 1 heterocycles. The Labute approximate surface area is 114 Å². The minimum atomic E-state index is -0.112. The van der Waals surface area contributed by atoms with E-state index in [2.05, 4.69) is 32.1 Å². The van der Waals surface area contributed by atoms with Gasteiger partial charge in [-0.25, -0.2) is 0 Å². The summed E-state index contributed by atoms with van der Waals surface area (Å²) in [5.41, 5.74) is 1.31. The first-order chi connectivity index (χ1) is 9.06. The quantitative estimate of drug-likeness (QED) is 0.576. The van der Waals surface area contributed by atoms with Crippen LogP contribution < -0.4 is 0 Å². The van der Waals surface area contributed by atoms with Crippen molar-refractivity contribution in [1.82, 2.24) is 4.90 Å². The number of fused-ring (bicyclic) bond motifs is 5. The molecule has 2 bridgehead atoms. The van der Waals surface area contributed by atoms with E-state index in [0.717, 1.165) is 6.42 Å². The maximum absolute atomic E-state index is 12.5. The van der Waals surface area contributed by atoms with E-state index in [1.807, 2.05) is 6.92 Å². The van der Waals surface area contributed by atoms with Crippen LogP contribution in [0, 0.1) is 29.6 Å². The second-order valence-electron chi connectivity index (χ2n) is 6.23. The first kappa shape index (κ1) is 12.6. The van der Waals surface area contributed by atoms with Gasteiger partial charge in [-0.15, -0.1) is 0 Å². The minimum Gasteiger partial charge on any atom is -0.282 e. The van der Waals surface area contributed by atoms with Gasteiger partial charge in [0, 0.05) is 18.4 Å². The molecule has 2 aliphatic carbocycles. The molecule has 1 saturated carbocycles. The summed E-state index contributed by atoms with van der Waals surface area (Å²) in [7, 11) is 0. The zero-order chi connectivity index (χ0) is 13.7. The molecule has 3 aliphatic rings. The lowest BCUT2D eigenvalue weighted by molar-refractivity contribution is -0.140. The third kappa shape index (κ3) is 1.63.